The molecule has 1 heterocycles. The Kier molecular flexibility index (Phi) is 5.11. The molecule has 0 aliphatic carbocycles. The third kappa shape index (κ3) is 3.70. The second-order valence-electron chi connectivity index (χ2n) is 4.38. The van der Waals surface area contributed by atoms with E-state index in [0.29, 0.717) is 10.7 Å². The molecule has 0 aliphatic rings. The van der Waals surface area contributed by atoms with E-state index < -0.39 is 0 Å². The van der Waals surface area contributed by atoms with E-state index in [1.54, 1.807) is 36.4 Å². The molecule has 0 fully saturated rings. The van der Waals surface area contributed by atoms with Gasteiger partial charge in [-0.05, 0) is 38.1 Å². The Morgan fingerprint density at radius 2 is 1.86 bits per heavy atom. The number of nitrogens with one attached hydrogen (secondary N) is 1. The Morgan fingerprint density at radius 1 is 1.14 bits per heavy atom. The lowest BCUT2D eigenvalue weighted by atomic mass is 10.3. The number of rotatable bonds is 5. The first-order chi connectivity index (χ1) is 10.2. The van der Waals surface area contributed by atoms with Crippen molar-refractivity contribution in [2.45, 2.75) is 13.8 Å². The Balaban J connectivity index is 2.12. The van der Waals surface area contributed by atoms with Gasteiger partial charge < -0.3 is 10.2 Å². The molecule has 2 rings (SSSR count). The lowest BCUT2D eigenvalue weighted by Crippen LogP contribution is -2.24. The van der Waals surface area contributed by atoms with Crippen molar-refractivity contribution in [3.63, 3.8) is 0 Å². The Morgan fingerprint density at radius 3 is 2.43 bits per heavy atom. The van der Waals surface area contributed by atoms with Crippen molar-refractivity contribution in [2.24, 2.45) is 0 Å². The highest BCUT2D eigenvalue weighted by molar-refractivity contribution is 6.33. The van der Waals surface area contributed by atoms with Gasteiger partial charge in [0.05, 0.1) is 10.7 Å². The zero-order valence-corrected chi connectivity index (χ0v) is 12.8. The van der Waals surface area contributed by atoms with Crippen molar-refractivity contribution >= 4 is 29.0 Å². The van der Waals surface area contributed by atoms with Crippen LogP contribution >= 0.6 is 11.6 Å². The number of aromatic nitrogens is 2. The van der Waals surface area contributed by atoms with E-state index >= 15 is 0 Å². The van der Waals surface area contributed by atoms with Gasteiger partial charge in [0.2, 0.25) is 0 Å². The largest absolute Gasteiger partial charge is 0.356 e. The molecule has 6 heteroatoms. The molecule has 1 amide bonds. The van der Waals surface area contributed by atoms with E-state index in [4.69, 9.17) is 11.6 Å². The average molecular weight is 305 g/mol. The number of carbonyl (C=O) groups is 1. The van der Waals surface area contributed by atoms with Gasteiger partial charge in [-0.15, -0.1) is 10.2 Å². The van der Waals surface area contributed by atoms with Crippen LogP contribution in [-0.4, -0.2) is 29.2 Å². The third-order valence-electron chi connectivity index (χ3n) is 3.09. The van der Waals surface area contributed by atoms with Gasteiger partial charge in [0.15, 0.2) is 11.5 Å². The Bertz CT molecular complexity index is 611. The van der Waals surface area contributed by atoms with Crippen molar-refractivity contribution in [3.05, 3.63) is 47.1 Å². The quantitative estimate of drug-likeness (QED) is 0.921. The molecule has 0 radical (unpaired) electrons. The SMILES string of the molecule is CCN(CC)c1ccc(C(=O)Nc2ccccc2Cl)nn1. The molecule has 0 aliphatic heterocycles. The second-order valence-corrected chi connectivity index (χ2v) is 4.79. The number of hydrogen-bond donors (Lipinski definition) is 1. The Hall–Kier alpha value is -2.14. The second kappa shape index (κ2) is 7.04. The third-order valence-corrected chi connectivity index (χ3v) is 3.42. The Labute approximate surface area is 128 Å². The van der Waals surface area contributed by atoms with E-state index in [1.165, 1.54) is 0 Å². The summed E-state index contributed by atoms with van der Waals surface area (Å²) in [5.41, 5.74) is 0.810. The van der Waals surface area contributed by atoms with Crippen LogP contribution in [0.2, 0.25) is 5.02 Å². The number of benzene rings is 1. The number of nitrogens with zero attached hydrogens (tertiary/aromatic N) is 3. The molecule has 21 heavy (non-hydrogen) atoms. The van der Waals surface area contributed by atoms with Gasteiger partial charge in [-0.1, -0.05) is 23.7 Å². The molecule has 110 valence electrons. The zero-order valence-electron chi connectivity index (χ0n) is 12.0. The number of amides is 1. The summed E-state index contributed by atoms with van der Waals surface area (Å²) >= 11 is 6.00. The molecule has 1 N–H and O–H groups in total. The lowest BCUT2D eigenvalue weighted by Gasteiger charge is -2.18. The van der Waals surface area contributed by atoms with E-state index in [-0.39, 0.29) is 11.6 Å². The molecule has 0 atom stereocenters. The molecule has 0 saturated heterocycles. The summed E-state index contributed by atoms with van der Waals surface area (Å²) in [5.74, 6) is 0.427. The maximum absolute atomic E-state index is 12.1. The number of anilines is 2. The molecule has 5 nitrogen and oxygen atoms in total. The highest BCUT2D eigenvalue weighted by Crippen LogP contribution is 2.21. The lowest BCUT2D eigenvalue weighted by molar-refractivity contribution is 0.102. The zero-order chi connectivity index (χ0) is 15.2. The summed E-state index contributed by atoms with van der Waals surface area (Å²) in [4.78, 5) is 14.2. The van der Waals surface area contributed by atoms with Crippen molar-refractivity contribution in [1.29, 1.82) is 0 Å². The smallest absolute Gasteiger partial charge is 0.276 e. The van der Waals surface area contributed by atoms with Gasteiger partial charge in [0.25, 0.3) is 5.91 Å². The van der Waals surface area contributed by atoms with Gasteiger partial charge in [-0.2, -0.15) is 0 Å². The van der Waals surface area contributed by atoms with Crippen molar-refractivity contribution in [3.8, 4) is 0 Å². The first-order valence-electron chi connectivity index (χ1n) is 6.80. The van der Waals surface area contributed by atoms with Gasteiger partial charge in [-0.25, -0.2) is 0 Å². The fourth-order valence-corrected chi connectivity index (χ4v) is 2.09. The first-order valence-corrected chi connectivity index (χ1v) is 7.18. The molecule has 2 aromatic rings. The van der Waals surface area contributed by atoms with Gasteiger partial charge in [0.1, 0.15) is 0 Å². The summed E-state index contributed by atoms with van der Waals surface area (Å²) in [6.07, 6.45) is 0. The van der Waals surface area contributed by atoms with Crippen LogP contribution in [0.5, 0.6) is 0 Å². The summed E-state index contributed by atoms with van der Waals surface area (Å²) in [7, 11) is 0. The predicted octanol–water partition coefficient (Wildman–Crippen LogP) is 3.23. The molecule has 0 bridgehead atoms. The monoisotopic (exact) mass is 304 g/mol. The van der Waals surface area contributed by atoms with E-state index in [9.17, 15) is 4.79 Å². The maximum atomic E-state index is 12.1. The van der Waals surface area contributed by atoms with E-state index in [1.807, 2.05) is 13.8 Å². The van der Waals surface area contributed by atoms with Crippen molar-refractivity contribution in [2.75, 3.05) is 23.3 Å². The molecule has 1 aromatic heterocycles. The van der Waals surface area contributed by atoms with Gasteiger partial charge in [-0.3, -0.25) is 4.79 Å². The molecular weight excluding hydrogens is 288 g/mol. The van der Waals surface area contributed by atoms with Crippen molar-refractivity contribution < 1.29 is 4.79 Å². The summed E-state index contributed by atoms with van der Waals surface area (Å²) in [5, 5.41) is 11.3. The minimum absolute atomic E-state index is 0.255. The van der Waals surface area contributed by atoms with Gasteiger partial charge >= 0.3 is 0 Å². The average Bonchev–Trinajstić information content (AvgIpc) is 2.51. The van der Waals surface area contributed by atoms with Crippen LogP contribution in [0.15, 0.2) is 36.4 Å². The number of halogens is 1. The van der Waals surface area contributed by atoms with E-state index in [0.717, 1.165) is 18.9 Å². The van der Waals surface area contributed by atoms with Crippen LogP contribution in [0.3, 0.4) is 0 Å². The molecule has 0 saturated carbocycles. The summed E-state index contributed by atoms with van der Waals surface area (Å²) < 4.78 is 0. The predicted molar refractivity (Wildman–Crippen MR) is 85.0 cm³/mol. The highest BCUT2D eigenvalue weighted by Gasteiger charge is 2.11. The summed E-state index contributed by atoms with van der Waals surface area (Å²) in [6, 6.07) is 10.5. The number of carbonyl (C=O) groups excluding carboxylic acids is 1. The van der Waals surface area contributed by atoms with Crippen LogP contribution in [-0.2, 0) is 0 Å². The van der Waals surface area contributed by atoms with Crippen LogP contribution in [0.4, 0.5) is 11.5 Å². The topological polar surface area (TPSA) is 58.1 Å². The molecule has 1 aromatic carbocycles. The fraction of sp³-hybridized carbons (Fsp3) is 0.267. The van der Waals surface area contributed by atoms with Crippen LogP contribution in [0.25, 0.3) is 0 Å². The standard InChI is InChI=1S/C15H17ClN4O/c1-3-20(4-2)14-10-9-13(18-19-14)15(21)17-12-8-6-5-7-11(12)16/h5-10H,3-4H2,1-2H3,(H,17,21). The maximum Gasteiger partial charge on any atom is 0.276 e. The normalized spacial score (nSPS) is 10.2. The number of para-hydroxylation sites is 1. The highest BCUT2D eigenvalue weighted by atomic mass is 35.5. The minimum atomic E-state index is -0.332. The molecular formula is C15H17ClN4O. The van der Waals surface area contributed by atoms with Crippen molar-refractivity contribution in [1.82, 2.24) is 10.2 Å². The fourth-order valence-electron chi connectivity index (χ4n) is 1.91. The van der Waals surface area contributed by atoms with E-state index in [2.05, 4.69) is 20.4 Å². The molecule has 0 spiro atoms. The van der Waals surface area contributed by atoms with Crippen LogP contribution in [0, 0.1) is 0 Å². The number of hydrogen-bond acceptors (Lipinski definition) is 4. The van der Waals surface area contributed by atoms with Crippen LogP contribution < -0.4 is 10.2 Å². The van der Waals surface area contributed by atoms with Crippen LogP contribution in [0.1, 0.15) is 24.3 Å². The first kappa shape index (κ1) is 15.3. The van der Waals surface area contributed by atoms with Gasteiger partial charge in [0, 0.05) is 13.1 Å². The minimum Gasteiger partial charge on any atom is -0.356 e. The molecule has 0 unspecified atom stereocenters. The summed E-state index contributed by atoms with van der Waals surface area (Å²) in [6.45, 7) is 5.78.